The third kappa shape index (κ3) is 5.84. The third-order valence-corrected chi connectivity index (χ3v) is 11.2. The number of carboxylic acid groups (broad SMARTS) is 1. The normalized spacial score (nSPS) is 25.1. The molecule has 0 aromatic heterocycles. The van der Waals surface area contributed by atoms with Crippen molar-refractivity contribution in [1.82, 2.24) is 9.96 Å². The predicted molar refractivity (Wildman–Crippen MR) is 193 cm³/mol. The van der Waals surface area contributed by atoms with Crippen molar-refractivity contribution in [3.8, 4) is 22.6 Å². The summed E-state index contributed by atoms with van der Waals surface area (Å²) in [4.78, 5) is 29.8. The smallest absolute Gasteiger partial charge is 0.311 e. The molecule has 0 radical (unpaired) electrons. The highest BCUT2D eigenvalue weighted by Crippen LogP contribution is 2.60. The van der Waals surface area contributed by atoms with Crippen LogP contribution in [0.15, 0.2) is 97.6 Å². The van der Waals surface area contributed by atoms with E-state index in [1.165, 1.54) is 0 Å². The van der Waals surface area contributed by atoms with Crippen LogP contribution < -0.4 is 9.47 Å². The number of carboxylic acids is 1. The van der Waals surface area contributed by atoms with Crippen LogP contribution in [0.2, 0.25) is 0 Å². The van der Waals surface area contributed by atoms with Gasteiger partial charge in [0.15, 0.2) is 0 Å². The van der Waals surface area contributed by atoms with Gasteiger partial charge < -0.3 is 14.6 Å². The van der Waals surface area contributed by atoms with Crippen molar-refractivity contribution < 1.29 is 29.4 Å². The molecule has 2 N–H and O–H groups in total. The van der Waals surface area contributed by atoms with Gasteiger partial charge in [0.25, 0.3) is 5.91 Å². The van der Waals surface area contributed by atoms with Gasteiger partial charge in [-0.25, -0.2) is 5.06 Å². The number of amides is 1. The lowest BCUT2D eigenvalue weighted by Crippen LogP contribution is -2.58. The SMILES string of the molecule is C=CC1CC1(C(=O)O)C1CC(Oc2cc(-c3ccccc3)cc3cc(OC)ccc23)CN1C(C(=O)N(O)C1CCc2ccccc21)C(C)(C)C. The summed E-state index contributed by atoms with van der Waals surface area (Å²) in [5, 5.41) is 25.2. The van der Waals surface area contributed by atoms with Crippen molar-refractivity contribution in [3.05, 3.63) is 109 Å². The van der Waals surface area contributed by atoms with Crippen LogP contribution in [0.25, 0.3) is 21.9 Å². The number of ether oxygens (including phenoxy) is 2. The summed E-state index contributed by atoms with van der Waals surface area (Å²) >= 11 is 0. The van der Waals surface area contributed by atoms with E-state index in [1.807, 2.05) is 92.4 Å². The second-order valence-electron chi connectivity index (χ2n) is 15.2. The third-order valence-electron chi connectivity index (χ3n) is 11.2. The van der Waals surface area contributed by atoms with Crippen LogP contribution in [0.3, 0.4) is 0 Å². The Bertz CT molecular complexity index is 1940. The largest absolute Gasteiger partial charge is 0.497 e. The van der Waals surface area contributed by atoms with Crippen molar-refractivity contribution in [1.29, 1.82) is 0 Å². The number of methoxy groups -OCH3 is 1. The molecule has 1 aliphatic heterocycles. The molecule has 1 heterocycles. The number of aryl methyl sites for hydroxylation is 1. The second kappa shape index (κ2) is 12.9. The number of carbonyl (C=O) groups is 2. The minimum atomic E-state index is -1.11. The molecule has 8 heteroatoms. The Morgan fingerprint density at radius 1 is 1.02 bits per heavy atom. The fraction of sp³-hybridized carbons (Fsp3) is 0.381. The molecule has 6 atom stereocenters. The number of likely N-dealkylation sites (tertiary alicyclic amines) is 1. The van der Waals surface area contributed by atoms with Gasteiger partial charge in [-0.2, -0.15) is 0 Å². The number of rotatable bonds is 10. The number of nitrogens with zero attached hydrogens (tertiary/aromatic N) is 2. The maximum Gasteiger partial charge on any atom is 0.311 e. The minimum Gasteiger partial charge on any atom is -0.497 e. The summed E-state index contributed by atoms with van der Waals surface area (Å²) < 4.78 is 12.5. The number of hydrogen-bond donors (Lipinski definition) is 2. The highest BCUT2D eigenvalue weighted by Gasteiger charge is 2.68. The first-order valence-corrected chi connectivity index (χ1v) is 17.5. The lowest BCUT2D eigenvalue weighted by Gasteiger charge is -2.43. The Morgan fingerprint density at radius 2 is 1.76 bits per heavy atom. The molecule has 0 bridgehead atoms. The van der Waals surface area contributed by atoms with Gasteiger partial charge in [0.2, 0.25) is 0 Å². The van der Waals surface area contributed by atoms with Gasteiger partial charge in [-0.05, 0) is 88.6 Å². The Balaban J connectivity index is 1.27. The Kier molecular flexibility index (Phi) is 8.73. The highest BCUT2D eigenvalue weighted by molar-refractivity contribution is 5.94. The predicted octanol–water partition coefficient (Wildman–Crippen LogP) is 7.93. The Labute approximate surface area is 293 Å². The fourth-order valence-corrected chi connectivity index (χ4v) is 8.66. The van der Waals surface area contributed by atoms with E-state index in [-0.39, 0.29) is 5.92 Å². The average molecular weight is 675 g/mol. The van der Waals surface area contributed by atoms with E-state index in [4.69, 9.17) is 9.47 Å². The van der Waals surface area contributed by atoms with Crippen molar-refractivity contribution in [2.45, 2.75) is 70.7 Å². The zero-order valence-corrected chi connectivity index (χ0v) is 29.2. The molecular weight excluding hydrogens is 628 g/mol. The molecule has 7 rings (SSSR count). The van der Waals surface area contributed by atoms with Crippen molar-refractivity contribution in [2.75, 3.05) is 13.7 Å². The topological polar surface area (TPSA) is 99.5 Å². The molecule has 2 aliphatic carbocycles. The molecule has 4 aromatic carbocycles. The molecule has 3 aliphatic rings. The number of fused-ring (bicyclic) bond motifs is 2. The molecule has 1 saturated heterocycles. The molecule has 4 aromatic rings. The minimum absolute atomic E-state index is 0.233. The standard InChI is InChI=1S/C42H46N2O6/c1-6-30-24-42(30,40(46)47)37-23-32(50-36-22-28(26-12-8-7-9-13-26)20-29-21-31(49-5)17-18-34(29)36)25-43(37)38(41(2,3)4)39(45)44(48)35-19-16-27-14-10-11-15-33(27)35/h6-15,17-18,20-22,30,32,35,37-38,48H,1,16,19,23-25H2,2-5H3,(H,46,47). The summed E-state index contributed by atoms with van der Waals surface area (Å²) in [6.45, 7) is 10.2. The van der Waals surface area contributed by atoms with Crippen molar-refractivity contribution in [3.63, 3.8) is 0 Å². The first-order valence-electron chi connectivity index (χ1n) is 17.5. The van der Waals surface area contributed by atoms with Crippen LogP contribution in [0.1, 0.15) is 57.2 Å². The molecule has 260 valence electrons. The number of carbonyl (C=O) groups excluding carboxylic acids is 1. The maximum absolute atomic E-state index is 14.6. The van der Waals surface area contributed by atoms with Crippen LogP contribution in [0.5, 0.6) is 11.5 Å². The van der Waals surface area contributed by atoms with Crippen LogP contribution in [-0.4, -0.2) is 64.0 Å². The van der Waals surface area contributed by atoms with Gasteiger partial charge in [-0.3, -0.25) is 19.7 Å². The first-order chi connectivity index (χ1) is 24.0. The van der Waals surface area contributed by atoms with Crippen LogP contribution in [-0.2, 0) is 16.0 Å². The van der Waals surface area contributed by atoms with E-state index < -0.39 is 46.9 Å². The van der Waals surface area contributed by atoms with Crippen LogP contribution in [0, 0.1) is 16.7 Å². The second-order valence-corrected chi connectivity index (χ2v) is 15.2. The first kappa shape index (κ1) is 33.8. The Hall–Kier alpha value is -4.66. The van der Waals surface area contributed by atoms with E-state index in [2.05, 4.69) is 24.8 Å². The zero-order valence-electron chi connectivity index (χ0n) is 29.2. The lowest BCUT2D eigenvalue weighted by molar-refractivity contribution is -0.188. The molecule has 1 amide bonds. The highest BCUT2D eigenvalue weighted by atomic mass is 16.5. The Morgan fingerprint density at radius 3 is 2.44 bits per heavy atom. The lowest BCUT2D eigenvalue weighted by atomic mass is 9.82. The van der Waals surface area contributed by atoms with E-state index in [0.717, 1.165) is 50.3 Å². The molecule has 2 fully saturated rings. The van der Waals surface area contributed by atoms with E-state index in [1.54, 1.807) is 13.2 Å². The zero-order chi connectivity index (χ0) is 35.4. The van der Waals surface area contributed by atoms with Crippen LogP contribution in [0.4, 0.5) is 0 Å². The molecule has 50 heavy (non-hydrogen) atoms. The van der Waals surface area contributed by atoms with Crippen LogP contribution >= 0.6 is 0 Å². The number of aliphatic carboxylic acids is 1. The summed E-state index contributed by atoms with van der Waals surface area (Å²) in [6, 6.07) is 26.3. The summed E-state index contributed by atoms with van der Waals surface area (Å²) in [7, 11) is 1.64. The molecule has 0 spiro atoms. The van der Waals surface area contributed by atoms with Gasteiger partial charge in [-0.1, -0.05) is 81.4 Å². The van der Waals surface area contributed by atoms with Crippen molar-refractivity contribution >= 4 is 22.6 Å². The van der Waals surface area contributed by atoms with Crippen molar-refractivity contribution in [2.24, 2.45) is 16.7 Å². The molecular formula is C42H46N2O6. The quantitative estimate of drug-likeness (QED) is 0.100. The molecule has 6 unspecified atom stereocenters. The number of benzene rings is 4. The number of allylic oxidation sites excluding steroid dienone is 1. The van der Waals surface area contributed by atoms with Gasteiger partial charge in [0.05, 0.1) is 24.6 Å². The van der Waals surface area contributed by atoms with Gasteiger partial charge in [0.1, 0.15) is 17.6 Å². The molecule has 1 saturated carbocycles. The van der Waals surface area contributed by atoms with E-state index in [0.29, 0.717) is 31.6 Å². The monoisotopic (exact) mass is 674 g/mol. The van der Waals surface area contributed by atoms with E-state index >= 15 is 0 Å². The van der Waals surface area contributed by atoms with E-state index in [9.17, 15) is 19.9 Å². The van der Waals surface area contributed by atoms with Gasteiger partial charge in [-0.15, -0.1) is 6.58 Å². The fourth-order valence-electron chi connectivity index (χ4n) is 8.66. The van der Waals surface area contributed by atoms with Gasteiger partial charge >= 0.3 is 5.97 Å². The molecule has 8 nitrogen and oxygen atoms in total. The maximum atomic E-state index is 14.6. The summed E-state index contributed by atoms with van der Waals surface area (Å²) in [5.41, 5.74) is 2.36. The summed E-state index contributed by atoms with van der Waals surface area (Å²) in [5.74, 6) is -0.140. The van der Waals surface area contributed by atoms with Gasteiger partial charge in [0, 0.05) is 24.4 Å². The summed E-state index contributed by atoms with van der Waals surface area (Å²) in [6.07, 6.45) is 3.55. The number of hydrogen-bond acceptors (Lipinski definition) is 6. The average Bonchev–Trinajstić information content (AvgIpc) is 3.49. The number of hydroxylamine groups is 2.